The quantitative estimate of drug-likeness (QED) is 0.556. The van der Waals surface area contributed by atoms with Crippen molar-refractivity contribution < 1.29 is 52.6 Å². The molecule has 9 heteroatoms. The Balaban J connectivity index is 0.00000208. The number of thiophene rings is 1. The molecule has 0 bridgehead atoms. The summed E-state index contributed by atoms with van der Waals surface area (Å²) in [7, 11) is -3.50. The van der Waals surface area contributed by atoms with E-state index in [9.17, 15) is 18.3 Å². The van der Waals surface area contributed by atoms with Crippen molar-refractivity contribution in [1.82, 2.24) is 4.72 Å². The molecule has 1 aliphatic carbocycles. The Morgan fingerprint density at radius 1 is 1.29 bits per heavy atom. The number of nitrogens with one attached hydrogen (secondary N) is 1. The molecular weight excluding hydrogens is 361 g/mol. The standard InChI is InChI=1S/C15H15NO5S2.Na/c17-14(18)9-21-13-4-3-10-6-12(7-11(10)8-13)16-23(19,20)15-2-1-5-22-15;/h1-5,8,12,16H,6-7,9H2,(H,17,18);/q;+1/p-1. The molecule has 1 N–H and O–H groups in total. The summed E-state index contributed by atoms with van der Waals surface area (Å²) >= 11 is 1.18. The van der Waals surface area contributed by atoms with E-state index in [1.165, 1.54) is 11.3 Å². The van der Waals surface area contributed by atoms with Crippen LogP contribution in [0.5, 0.6) is 5.75 Å². The zero-order chi connectivity index (χ0) is 16.4. The van der Waals surface area contributed by atoms with E-state index in [0.717, 1.165) is 11.1 Å². The fraction of sp³-hybridized carbons (Fsp3) is 0.267. The monoisotopic (exact) mass is 375 g/mol. The van der Waals surface area contributed by atoms with Gasteiger partial charge in [-0.3, -0.25) is 0 Å². The van der Waals surface area contributed by atoms with Crippen molar-refractivity contribution in [2.24, 2.45) is 0 Å². The van der Waals surface area contributed by atoms with Crippen LogP contribution in [0.15, 0.2) is 39.9 Å². The molecule has 1 atom stereocenters. The average Bonchev–Trinajstić information content (AvgIpc) is 3.13. The van der Waals surface area contributed by atoms with Crippen molar-refractivity contribution >= 4 is 27.3 Å². The number of carboxylic acids is 1. The van der Waals surface area contributed by atoms with Gasteiger partial charge in [-0.25, -0.2) is 13.1 Å². The second-order valence-electron chi connectivity index (χ2n) is 5.25. The number of carbonyl (C=O) groups excluding carboxylic acids is 1. The van der Waals surface area contributed by atoms with Gasteiger partial charge in [0, 0.05) is 6.04 Å². The smallest absolute Gasteiger partial charge is 0.546 e. The van der Waals surface area contributed by atoms with E-state index < -0.39 is 22.6 Å². The van der Waals surface area contributed by atoms with Crippen LogP contribution >= 0.6 is 11.3 Å². The first-order valence-electron chi connectivity index (χ1n) is 6.94. The van der Waals surface area contributed by atoms with Gasteiger partial charge in [0.05, 0.1) is 5.97 Å². The van der Waals surface area contributed by atoms with Gasteiger partial charge in [-0.1, -0.05) is 12.1 Å². The first kappa shape index (κ1) is 19.4. The number of ether oxygens (including phenoxy) is 1. The maximum atomic E-state index is 12.2. The molecule has 2 aromatic rings. The largest absolute Gasteiger partial charge is 1.00 e. The average molecular weight is 375 g/mol. The van der Waals surface area contributed by atoms with Crippen molar-refractivity contribution in [3.8, 4) is 5.75 Å². The van der Waals surface area contributed by atoms with E-state index in [0.29, 0.717) is 22.8 Å². The maximum Gasteiger partial charge on any atom is 1.00 e. The Morgan fingerprint density at radius 2 is 2.04 bits per heavy atom. The first-order chi connectivity index (χ1) is 10.9. The van der Waals surface area contributed by atoms with Gasteiger partial charge in [-0.05, 0) is 47.5 Å². The van der Waals surface area contributed by atoms with Crippen molar-refractivity contribution in [3.63, 3.8) is 0 Å². The molecule has 122 valence electrons. The van der Waals surface area contributed by atoms with E-state index in [2.05, 4.69) is 4.72 Å². The second-order valence-corrected chi connectivity index (χ2v) is 8.14. The summed E-state index contributed by atoms with van der Waals surface area (Å²) in [6.07, 6.45) is 1.14. The van der Waals surface area contributed by atoms with Gasteiger partial charge in [0.2, 0.25) is 10.0 Å². The van der Waals surface area contributed by atoms with Crippen LogP contribution in [-0.2, 0) is 27.7 Å². The van der Waals surface area contributed by atoms with E-state index in [4.69, 9.17) is 4.74 Å². The van der Waals surface area contributed by atoms with Crippen LogP contribution in [0.4, 0.5) is 0 Å². The summed E-state index contributed by atoms with van der Waals surface area (Å²) in [6, 6.07) is 8.31. The molecule has 0 fully saturated rings. The van der Waals surface area contributed by atoms with E-state index in [1.54, 1.807) is 29.6 Å². The molecule has 1 aromatic carbocycles. The minimum atomic E-state index is -3.50. The molecule has 0 saturated carbocycles. The predicted octanol–water partition coefficient (Wildman–Crippen LogP) is -2.67. The summed E-state index contributed by atoms with van der Waals surface area (Å²) in [6.45, 7) is -0.507. The van der Waals surface area contributed by atoms with E-state index in [-0.39, 0.29) is 35.6 Å². The summed E-state index contributed by atoms with van der Waals surface area (Å²) in [5.41, 5.74) is 1.99. The van der Waals surface area contributed by atoms with Gasteiger partial charge in [0.1, 0.15) is 16.6 Å². The van der Waals surface area contributed by atoms with Crippen LogP contribution in [0.2, 0.25) is 0 Å². The number of rotatable bonds is 6. The summed E-state index contributed by atoms with van der Waals surface area (Å²) in [4.78, 5) is 10.4. The molecule has 3 rings (SSSR count). The maximum absolute atomic E-state index is 12.2. The molecule has 0 saturated heterocycles. The molecule has 0 radical (unpaired) electrons. The molecule has 0 aliphatic heterocycles. The molecule has 1 unspecified atom stereocenters. The van der Waals surface area contributed by atoms with Gasteiger partial charge < -0.3 is 14.6 Å². The normalized spacial score (nSPS) is 16.2. The van der Waals surface area contributed by atoms with Gasteiger partial charge in [-0.2, -0.15) is 0 Å². The molecule has 1 heterocycles. The van der Waals surface area contributed by atoms with Crippen LogP contribution in [0.3, 0.4) is 0 Å². The van der Waals surface area contributed by atoms with Crippen LogP contribution in [0.25, 0.3) is 0 Å². The number of benzene rings is 1. The fourth-order valence-electron chi connectivity index (χ4n) is 2.60. The van der Waals surface area contributed by atoms with Gasteiger partial charge in [0.15, 0.2) is 0 Å². The second kappa shape index (κ2) is 7.99. The fourth-order valence-corrected chi connectivity index (χ4v) is 4.85. The van der Waals surface area contributed by atoms with Crippen LogP contribution < -0.4 is 44.1 Å². The molecule has 6 nitrogen and oxygen atoms in total. The first-order valence-corrected chi connectivity index (χ1v) is 9.30. The van der Waals surface area contributed by atoms with Crippen molar-refractivity contribution in [2.75, 3.05) is 6.61 Å². The summed E-state index contributed by atoms with van der Waals surface area (Å²) in [5, 5.41) is 12.1. The minimum Gasteiger partial charge on any atom is -0.546 e. The SMILES string of the molecule is O=C([O-])COc1ccc2c(c1)CC(NS(=O)(=O)c1cccs1)C2.[Na+]. The number of hydrogen-bond acceptors (Lipinski definition) is 6. The Labute approximate surface area is 166 Å². The third-order valence-corrected chi connectivity index (χ3v) is 6.47. The molecular formula is C15H14NNaO5S2. The third-order valence-electron chi connectivity index (χ3n) is 3.55. The number of sulfonamides is 1. The van der Waals surface area contributed by atoms with Gasteiger partial charge in [0.25, 0.3) is 0 Å². The summed E-state index contributed by atoms with van der Waals surface area (Å²) < 4.78 is 32.6. The van der Waals surface area contributed by atoms with Gasteiger partial charge >= 0.3 is 29.6 Å². The topological polar surface area (TPSA) is 95.5 Å². The van der Waals surface area contributed by atoms with Crippen molar-refractivity contribution in [2.45, 2.75) is 23.1 Å². The molecule has 1 aromatic heterocycles. The number of fused-ring (bicyclic) bond motifs is 1. The third kappa shape index (κ3) is 4.59. The van der Waals surface area contributed by atoms with Crippen LogP contribution in [0.1, 0.15) is 11.1 Å². The number of carbonyl (C=O) groups is 1. The summed E-state index contributed by atoms with van der Waals surface area (Å²) in [5.74, 6) is -0.846. The Kier molecular flexibility index (Phi) is 6.46. The van der Waals surface area contributed by atoms with E-state index >= 15 is 0 Å². The van der Waals surface area contributed by atoms with Crippen molar-refractivity contribution in [3.05, 3.63) is 46.8 Å². The van der Waals surface area contributed by atoms with Crippen molar-refractivity contribution in [1.29, 1.82) is 0 Å². The number of hydrogen-bond donors (Lipinski definition) is 1. The zero-order valence-electron chi connectivity index (χ0n) is 13.0. The predicted molar refractivity (Wildman–Crippen MR) is 82.8 cm³/mol. The molecule has 0 amide bonds. The Bertz CT molecular complexity index is 820. The Morgan fingerprint density at radius 3 is 2.71 bits per heavy atom. The molecule has 1 aliphatic rings. The number of carboxylic acid groups (broad SMARTS) is 1. The minimum absolute atomic E-state index is 0. The zero-order valence-corrected chi connectivity index (χ0v) is 16.7. The van der Waals surface area contributed by atoms with Crippen LogP contribution in [-0.4, -0.2) is 27.0 Å². The van der Waals surface area contributed by atoms with E-state index in [1.807, 2.05) is 6.07 Å². The number of aliphatic carboxylic acids is 1. The molecule has 0 spiro atoms. The Hall–Kier alpha value is -0.900. The molecule has 24 heavy (non-hydrogen) atoms. The van der Waals surface area contributed by atoms with Gasteiger partial charge in [-0.15, -0.1) is 11.3 Å². The van der Waals surface area contributed by atoms with Crippen LogP contribution in [0, 0.1) is 0 Å².